The van der Waals surface area contributed by atoms with Gasteiger partial charge < -0.3 is 4.74 Å². The van der Waals surface area contributed by atoms with Crippen molar-refractivity contribution in [2.45, 2.75) is 19.4 Å². The minimum atomic E-state index is -3.94. The van der Waals surface area contributed by atoms with E-state index in [1.165, 1.54) is 47.4 Å². The highest BCUT2D eigenvalue weighted by atomic mass is 32.2. The zero-order valence-corrected chi connectivity index (χ0v) is 14.3. The molecule has 25 heavy (non-hydrogen) atoms. The van der Waals surface area contributed by atoms with Gasteiger partial charge in [-0.05, 0) is 50.2 Å². The van der Waals surface area contributed by atoms with Crippen molar-refractivity contribution in [3.63, 3.8) is 0 Å². The number of rotatable bonds is 3. The first kappa shape index (κ1) is 17.2. The fourth-order valence-electron chi connectivity index (χ4n) is 2.55. The zero-order valence-electron chi connectivity index (χ0n) is 13.5. The van der Waals surface area contributed by atoms with Crippen LogP contribution in [0.5, 0.6) is 5.75 Å². The van der Waals surface area contributed by atoms with Crippen LogP contribution in [0.15, 0.2) is 42.5 Å². The predicted molar refractivity (Wildman–Crippen MR) is 91.4 cm³/mol. The van der Waals surface area contributed by atoms with Crippen LogP contribution in [0.4, 0.5) is 21.5 Å². The monoisotopic (exact) mass is 365 g/mol. The Hall–Kier alpha value is -2.65. The molecule has 0 aliphatic carbocycles. The van der Waals surface area contributed by atoms with E-state index in [1.54, 1.807) is 13.8 Å². The van der Waals surface area contributed by atoms with Gasteiger partial charge in [0.2, 0.25) is 0 Å². The molecule has 2 aromatic carbocycles. The largest absolute Gasteiger partial charge is 0.476 e. The van der Waals surface area contributed by atoms with E-state index >= 15 is 0 Å². The molecule has 0 saturated heterocycles. The lowest BCUT2D eigenvalue weighted by Gasteiger charge is -2.38. The molecule has 0 bridgehead atoms. The molecule has 0 spiro atoms. The smallest absolute Gasteiger partial charge is 0.296 e. The van der Waals surface area contributed by atoms with Crippen molar-refractivity contribution in [3.8, 4) is 5.75 Å². The van der Waals surface area contributed by atoms with Crippen molar-refractivity contribution >= 4 is 33.2 Å². The standard InChI is InChI=1S/C16H16FN3O4S/c1-16(2)15(21)20(12-6-3-10(17)4-7-12)13-8-5-11(9-14(13)24-16)19-25(18,22)23/h3-9,19H,1-2H3,(H2,18,22,23). The Labute approximate surface area is 144 Å². The summed E-state index contributed by atoms with van der Waals surface area (Å²) in [5.41, 5.74) is -0.112. The third-order valence-corrected chi connectivity index (χ3v) is 4.15. The molecule has 0 fully saturated rings. The number of nitrogens with two attached hydrogens (primary N) is 1. The average Bonchev–Trinajstić information content (AvgIpc) is 2.48. The van der Waals surface area contributed by atoms with E-state index in [-0.39, 0.29) is 11.6 Å². The first-order valence-corrected chi connectivity index (χ1v) is 8.85. The van der Waals surface area contributed by atoms with E-state index < -0.39 is 21.6 Å². The minimum absolute atomic E-state index is 0.199. The fraction of sp³-hybridized carbons (Fsp3) is 0.188. The number of anilines is 3. The van der Waals surface area contributed by atoms with Gasteiger partial charge in [-0.1, -0.05) is 0 Å². The van der Waals surface area contributed by atoms with Gasteiger partial charge in [-0.3, -0.25) is 14.4 Å². The van der Waals surface area contributed by atoms with Gasteiger partial charge in [0, 0.05) is 11.8 Å². The summed E-state index contributed by atoms with van der Waals surface area (Å²) in [5.74, 6) is -0.460. The van der Waals surface area contributed by atoms with Gasteiger partial charge in [0.05, 0.1) is 11.4 Å². The van der Waals surface area contributed by atoms with Crippen LogP contribution < -0.4 is 19.5 Å². The molecule has 9 heteroatoms. The van der Waals surface area contributed by atoms with Crippen LogP contribution >= 0.6 is 0 Å². The number of nitrogens with one attached hydrogen (secondary N) is 1. The number of hydrogen-bond donors (Lipinski definition) is 2. The van der Waals surface area contributed by atoms with Gasteiger partial charge in [0.1, 0.15) is 11.6 Å². The Morgan fingerprint density at radius 2 is 1.80 bits per heavy atom. The highest BCUT2D eigenvalue weighted by molar-refractivity contribution is 7.90. The summed E-state index contributed by atoms with van der Waals surface area (Å²) in [7, 11) is -3.94. The number of nitrogens with zero attached hydrogens (tertiary/aromatic N) is 1. The molecular weight excluding hydrogens is 349 g/mol. The Balaban J connectivity index is 2.11. The van der Waals surface area contributed by atoms with Crippen LogP contribution in [0.2, 0.25) is 0 Å². The Kier molecular flexibility index (Phi) is 3.92. The van der Waals surface area contributed by atoms with Crippen molar-refractivity contribution in [3.05, 3.63) is 48.3 Å². The number of carbonyl (C=O) groups is 1. The van der Waals surface area contributed by atoms with Gasteiger partial charge >= 0.3 is 0 Å². The van der Waals surface area contributed by atoms with Crippen molar-refractivity contribution in [1.82, 2.24) is 0 Å². The van der Waals surface area contributed by atoms with E-state index in [2.05, 4.69) is 4.72 Å². The molecule has 0 atom stereocenters. The zero-order chi connectivity index (χ0) is 18.4. The average molecular weight is 365 g/mol. The molecule has 0 aromatic heterocycles. The van der Waals surface area contributed by atoms with E-state index in [0.717, 1.165) is 0 Å². The van der Waals surface area contributed by atoms with Crippen molar-refractivity contribution in [2.75, 3.05) is 9.62 Å². The Morgan fingerprint density at radius 1 is 1.16 bits per heavy atom. The molecule has 132 valence electrons. The molecule has 0 radical (unpaired) electrons. The van der Waals surface area contributed by atoms with Gasteiger partial charge in [-0.15, -0.1) is 0 Å². The van der Waals surface area contributed by atoms with E-state index in [4.69, 9.17) is 9.88 Å². The first-order chi connectivity index (χ1) is 11.6. The number of benzene rings is 2. The minimum Gasteiger partial charge on any atom is -0.476 e. The van der Waals surface area contributed by atoms with Crippen LogP contribution in [0.1, 0.15) is 13.8 Å². The molecule has 1 amide bonds. The second-order valence-electron chi connectivity index (χ2n) is 6.06. The lowest BCUT2D eigenvalue weighted by Crippen LogP contribution is -2.50. The van der Waals surface area contributed by atoms with E-state index in [0.29, 0.717) is 17.1 Å². The molecule has 3 rings (SSSR count). The third kappa shape index (κ3) is 3.42. The summed E-state index contributed by atoms with van der Waals surface area (Å²) in [5, 5.41) is 4.97. The van der Waals surface area contributed by atoms with Gasteiger partial charge in [-0.25, -0.2) is 9.53 Å². The molecule has 1 aliphatic heterocycles. The number of halogens is 1. The number of amides is 1. The predicted octanol–water partition coefficient (Wildman–Crippen LogP) is 2.28. The Morgan fingerprint density at radius 3 is 2.40 bits per heavy atom. The SMILES string of the molecule is CC1(C)Oc2cc(NS(N)(=O)=O)ccc2N(c2ccc(F)cc2)C1=O. The summed E-state index contributed by atoms with van der Waals surface area (Å²) in [6, 6.07) is 9.88. The van der Waals surface area contributed by atoms with Crippen LogP contribution in [0.25, 0.3) is 0 Å². The van der Waals surface area contributed by atoms with Gasteiger partial charge in [-0.2, -0.15) is 8.42 Å². The summed E-state index contributed by atoms with van der Waals surface area (Å²) in [4.78, 5) is 14.2. The van der Waals surface area contributed by atoms with Crippen molar-refractivity contribution < 1.29 is 22.3 Å². The molecule has 1 aliphatic rings. The Bertz CT molecular complexity index is 942. The number of fused-ring (bicyclic) bond motifs is 1. The molecule has 7 nitrogen and oxygen atoms in total. The topological polar surface area (TPSA) is 102 Å². The van der Waals surface area contributed by atoms with Crippen LogP contribution in [-0.4, -0.2) is 19.9 Å². The number of ether oxygens (including phenoxy) is 1. The lowest BCUT2D eigenvalue weighted by atomic mass is 10.0. The highest BCUT2D eigenvalue weighted by Gasteiger charge is 2.41. The van der Waals surface area contributed by atoms with Crippen LogP contribution in [-0.2, 0) is 15.0 Å². The van der Waals surface area contributed by atoms with Gasteiger partial charge in [0.15, 0.2) is 5.60 Å². The lowest BCUT2D eigenvalue weighted by molar-refractivity contribution is -0.131. The summed E-state index contributed by atoms with van der Waals surface area (Å²) in [6.45, 7) is 3.18. The summed E-state index contributed by atoms with van der Waals surface area (Å²) < 4.78 is 43.5. The molecular formula is C16H16FN3O4S. The summed E-state index contributed by atoms with van der Waals surface area (Å²) in [6.07, 6.45) is 0. The van der Waals surface area contributed by atoms with E-state index in [1.807, 2.05) is 0 Å². The van der Waals surface area contributed by atoms with Crippen LogP contribution in [0, 0.1) is 5.82 Å². The van der Waals surface area contributed by atoms with Gasteiger partial charge in [0.25, 0.3) is 16.1 Å². The second kappa shape index (κ2) is 5.71. The molecule has 2 aromatic rings. The fourth-order valence-corrected chi connectivity index (χ4v) is 3.01. The maximum atomic E-state index is 13.2. The quantitative estimate of drug-likeness (QED) is 0.871. The third-order valence-electron chi connectivity index (χ3n) is 3.63. The van der Waals surface area contributed by atoms with Crippen molar-refractivity contribution in [1.29, 1.82) is 0 Å². The van der Waals surface area contributed by atoms with Crippen molar-refractivity contribution in [2.24, 2.45) is 5.14 Å². The molecule has 0 unspecified atom stereocenters. The maximum Gasteiger partial charge on any atom is 0.296 e. The highest BCUT2D eigenvalue weighted by Crippen LogP contribution is 2.43. The molecule has 3 N–H and O–H groups in total. The first-order valence-electron chi connectivity index (χ1n) is 7.30. The maximum absolute atomic E-state index is 13.2. The molecule has 1 heterocycles. The summed E-state index contributed by atoms with van der Waals surface area (Å²) >= 11 is 0. The molecule has 0 saturated carbocycles. The number of carbonyl (C=O) groups excluding carboxylic acids is 1. The normalized spacial score (nSPS) is 16.2. The van der Waals surface area contributed by atoms with Crippen LogP contribution in [0.3, 0.4) is 0 Å². The van der Waals surface area contributed by atoms with E-state index in [9.17, 15) is 17.6 Å². The number of hydrogen-bond acceptors (Lipinski definition) is 4. The second-order valence-corrected chi connectivity index (χ2v) is 7.35.